The van der Waals surface area contributed by atoms with E-state index in [1.165, 1.54) is 12.0 Å². The smallest absolute Gasteiger partial charge is 0.0950 e. The fourth-order valence-corrected chi connectivity index (χ4v) is 2.03. The van der Waals surface area contributed by atoms with E-state index in [4.69, 9.17) is 4.42 Å². The Hall–Kier alpha value is -0.800. The molecule has 0 aliphatic carbocycles. The van der Waals surface area contributed by atoms with Gasteiger partial charge < -0.3 is 14.6 Å². The van der Waals surface area contributed by atoms with Crippen molar-refractivity contribution in [1.82, 2.24) is 10.2 Å². The summed E-state index contributed by atoms with van der Waals surface area (Å²) < 4.78 is 5.18. The number of nitrogens with one attached hydrogen (secondary N) is 1. The van der Waals surface area contributed by atoms with Gasteiger partial charge in [-0.05, 0) is 45.1 Å². The molecule has 1 atom stereocenters. The topological polar surface area (TPSA) is 28.4 Å². The lowest BCUT2D eigenvalue weighted by Gasteiger charge is -2.23. The van der Waals surface area contributed by atoms with Gasteiger partial charge in [-0.1, -0.05) is 20.8 Å². The minimum absolute atomic E-state index is 0.425. The number of furan rings is 1. The number of hydrogen-bond acceptors (Lipinski definition) is 3. The Balaban J connectivity index is 2.46. The van der Waals surface area contributed by atoms with Gasteiger partial charge in [0.15, 0.2) is 0 Å². The molecule has 1 N–H and O–H groups in total. The summed E-state index contributed by atoms with van der Waals surface area (Å²) in [6, 6.07) is 2.49. The van der Waals surface area contributed by atoms with E-state index >= 15 is 0 Å². The molecule has 1 unspecified atom stereocenters. The molecule has 0 amide bonds. The van der Waals surface area contributed by atoms with Gasteiger partial charge in [-0.15, -0.1) is 0 Å². The zero-order chi connectivity index (χ0) is 12.5. The SMILES string of the molecule is CCCNC(CCN(CC)CC)c1ccoc1. The molecule has 3 heteroatoms. The van der Waals surface area contributed by atoms with Gasteiger partial charge in [0.2, 0.25) is 0 Å². The lowest BCUT2D eigenvalue weighted by Crippen LogP contribution is -2.29. The Morgan fingerprint density at radius 3 is 2.59 bits per heavy atom. The molecular weight excluding hydrogens is 212 g/mol. The number of hydrogen-bond donors (Lipinski definition) is 1. The molecule has 0 saturated carbocycles. The molecule has 0 aliphatic heterocycles. The van der Waals surface area contributed by atoms with E-state index in [0.717, 1.165) is 32.6 Å². The van der Waals surface area contributed by atoms with Gasteiger partial charge in [-0.25, -0.2) is 0 Å². The van der Waals surface area contributed by atoms with Crippen LogP contribution in [0.25, 0.3) is 0 Å². The van der Waals surface area contributed by atoms with Crippen LogP contribution in [0.3, 0.4) is 0 Å². The van der Waals surface area contributed by atoms with Crippen LogP contribution in [0.1, 0.15) is 45.2 Å². The summed E-state index contributed by atoms with van der Waals surface area (Å²) in [6.07, 6.45) is 5.92. The summed E-state index contributed by atoms with van der Waals surface area (Å²) in [6.45, 7) is 11.1. The van der Waals surface area contributed by atoms with E-state index in [9.17, 15) is 0 Å². The van der Waals surface area contributed by atoms with Crippen LogP contribution in [0.15, 0.2) is 23.0 Å². The Bertz CT molecular complexity index is 268. The van der Waals surface area contributed by atoms with Crippen LogP contribution < -0.4 is 5.32 Å². The predicted octanol–water partition coefficient (Wildman–Crippen LogP) is 3.05. The Morgan fingerprint density at radius 2 is 2.06 bits per heavy atom. The lowest BCUT2D eigenvalue weighted by molar-refractivity contribution is 0.281. The molecule has 0 aromatic carbocycles. The normalized spacial score (nSPS) is 13.2. The summed E-state index contributed by atoms with van der Waals surface area (Å²) >= 11 is 0. The lowest BCUT2D eigenvalue weighted by atomic mass is 10.1. The maximum absolute atomic E-state index is 5.18. The average molecular weight is 238 g/mol. The van der Waals surface area contributed by atoms with Gasteiger partial charge in [0.1, 0.15) is 0 Å². The summed E-state index contributed by atoms with van der Waals surface area (Å²) in [4.78, 5) is 2.46. The fourth-order valence-electron chi connectivity index (χ4n) is 2.03. The molecular formula is C14H26N2O. The molecule has 1 aromatic rings. The van der Waals surface area contributed by atoms with Crippen LogP contribution in [-0.4, -0.2) is 31.1 Å². The molecule has 1 rings (SSSR count). The fraction of sp³-hybridized carbons (Fsp3) is 0.714. The van der Waals surface area contributed by atoms with Crippen LogP contribution >= 0.6 is 0 Å². The highest BCUT2D eigenvalue weighted by molar-refractivity contribution is 5.11. The molecule has 0 bridgehead atoms. The predicted molar refractivity (Wildman–Crippen MR) is 72.1 cm³/mol. The summed E-state index contributed by atoms with van der Waals surface area (Å²) in [5, 5.41) is 3.59. The first-order valence-electron chi connectivity index (χ1n) is 6.79. The summed E-state index contributed by atoms with van der Waals surface area (Å²) in [7, 11) is 0. The van der Waals surface area contributed by atoms with Crippen molar-refractivity contribution in [2.75, 3.05) is 26.2 Å². The van der Waals surface area contributed by atoms with Crippen molar-refractivity contribution < 1.29 is 4.42 Å². The number of rotatable bonds is 9. The van der Waals surface area contributed by atoms with Crippen molar-refractivity contribution >= 4 is 0 Å². The first kappa shape index (κ1) is 14.3. The Labute approximate surface area is 105 Å². The highest BCUT2D eigenvalue weighted by Crippen LogP contribution is 2.17. The highest BCUT2D eigenvalue weighted by Gasteiger charge is 2.12. The van der Waals surface area contributed by atoms with Crippen LogP contribution in [0.2, 0.25) is 0 Å². The quantitative estimate of drug-likeness (QED) is 0.717. The van der Waals surface area contributed by atoms with Crippen molar-refractivity contribution in [1.29, 1.82) is 0 Å². The molecule has 0 fully saturated rings. The largest absolute Gasteiger partial charge is 0.472 e. The minimum atomic E-state index is 0.425. The molecule has 0 aliphatic rings. The average Bonchev–Trinajstić information content (AvgIpc) is 2.87. The van der Waals surface area contributed by atoms with Gasteiger partial charge >= 0.3 is 0 Å². The Kier molecular flexibility index (Phi) is 6.97. The second-order valence-corrected chi connectivity index (χ2v) is 4.38. The maximum Gasteiger partial charge on any atom is 0.0950 e. The van der Waals surface area contributed by atoms with E-state index in [-0.39, 0.29) is 0 Å². The van der Waals surface area contributed by atoms with Crippen molar-refractivity contribution in [3.63, 3.8) is 0 Å². The van der Waals surface area contributed by atoms with E-state index in [1.54, 1.807) is 6.26 Å². The van der Waals surface area contributed by atoms with Crippen molar-refractivity contribution in [3.05, 3.63) is 24.2 Å². The van der Waals surface area contributed by atoms with Crippen LogP contribution in [0.5, 0.6) is 0 Å². The molecule has 0 spiro atoms. The second kappa shape index (κ2) is 8.31. The standard InChI is InChI=1S/C14H26N2O/c1-4-9-15-14(13-8-11-17-12-13)7-10-16(5-2)6-3/h8,11-12,14-15H,4-7,9-10H2,1-3H3. The first-order chi connectivity index (χ1) is 8.31. The van der Waals surface area contributed by atoms with Gasteiger partial charge in [-0.2, -0.15) is 0 Å². The molecule has 1 aromatic heterocycles. The molecule has 0 radical (unpaired) electrons. The van der Waals surface area contributed by atoms with Crippen molar-refractivity contribution in [2.45, 2.75) is 39.7 Å². The zero-order valence-electron chi connectivity index (χ0n) is 11.4. The van der Waals surface area contributed by atoms with Gasteiger partial charge in [0.25, 0.3) is 0 Å². The minimum Gasteiger partial charge on any atom is -0.472 e. The van der Waals surface area contributed by atoms with E-state index in [2.05, 4.69) is 37.1 Å². The van der Waals surface area contributed by atoms with E-state index < -0.39 is 0 Å². The molecule has 3 nitrogen and oxygen atoms in total. The van der Waals surface area contributed by atoms with Crippen LogP contribution in [0, 0.1) is 0 Å². The van der Waals surface area contributed by atoms with E-state index in [1.807, 2.05) is 6.26 Å². The number of nitrogens with zero attached hydrogens (tertiary/aromatic N) is 1. The van der Waals surface area contributed by atoms with Crippen LogP contribution in [0.4, 0.5) is 0 Å². The van der Waals surface area contributed by atoms with Gasteiger partial charge in [0, 0.05) is 11.6 Å². The zero-order valence-corrected chi connectivity index (χ0v) is 11.4. The summed E-state index contributed by atoms with van der Waals surface area (Å²) in [5.41, 5.74) is 1.27. The van der Waals surface area contributed by atoms with Crippen molar-refractivity contribution in [2.24, 2.45) is 0 Å². The second-order valence-electron chi connectivity index (χ2n) is 4.38. The highest BCUT2D eigenvalue weighted by atomic mass is 16.3. The Morgan fingerprint density at radius 1 is 1.29 bits per heavy atom. The third-order valence-electron chi connectivity index (χ3n) is 3.21. The first-order valence-corrected chi connectivity index (χ1v) is 6.79. The van der Waals surface area contributed by atoms with Crippen molar-refractivity contribution in [3.8, 4) is 0 Å². The van der Waals surface area contributed by atoms with Crippen LogP contribution in [-0.2, 0) is 0 Å². The molecule has 1 heterocycles. The molecule has 0 saturated heterocycles. The monoisotopic (exact) mass is 238 g/mol. The van der Waals surface area contributed by atoms with Gasteiger partial charge in [-0.3, -0.25) is 0 Å². The van der Waals surface area contributed by atoms with E-state index in [0.29, 0.717) is 6.04 Å². The van der Waals surface area contributed by atoms with Gasteiger partial charge in [0.05, 0.1) is 12.5 Å². The summed E-state index contributed by atoms with van der Waals surface area (Å²) in [5.74, 6) is 0. The third-order valence-corrected chi connectivity index (χ3v) is 3.21. The maximum atomic E-state index is 5.18. The molecule has 17 heavy (non-hydrogen) atoms. The third kappa shape index (κ3) is 4.92. The molecule has 98 valence electrons.